The molecule has 6 aliphatic carbocycles. The second-order valence-corrected chi connectivity index (χ2v) is 24.3. The Hall–Kier alpha value is -1.36. The van der Waals surface area contributed by atoms with Crippen molar-refractivity contribution in [2.24, 2.45) is 46.3 Å². The van der Waals surface area contributed by atoms with Crippen LogP contribution in [0, 0.1) is 46.3 Å². The lowest BCUT2D eigenvalue weighted by Gasteiger charge is -2.44. The largest absolute Gasteiger partial charge is 0.390 e. The topological polar surface area (TPSA) is 162 Å². The van der Waals surface area contributed by atoms with E-state index in [1.807, 2.05) is 41.5 Å². The highest BCUT2D eigenvalue weighted by atomic mass is 16.4. The highest BCUT2D eigenvalue weighted by molar-refractivity contribution is 5.29. The van der Waals surface area contributed by atoms with Crippen LogP contribution < -0.4 is 0 Å². The first-order chi connectivity index (χ1) is 29.8. The number of hydrogen-bond acceptors (Lipinski definition) is 8. The molecule has 0 spiro atoms. The summed E-state index contributed by atoms with van der Waals surface area (Å²) < 4.78 is 0. The van der Waals surface area contributed by atoms with Gasteiger partial charge in [0.2, 0.25) is 0 Å². The summed E-state index contributed by atoms with van der Waals surface area (Å²) in [7, 11) is 0. The average molecular weight is 897 g/mol. The van der Waals surface area contributed by atoms with Crippen LogP contribution in [0.2, 0.25) is 0 Å². The zero-order valence-corrected chi connectivity index (χ0v) is 42.2. The van der Waals surface area contributed by atoms with Crippen molar-refractivity contribution in [3.8, 4) is 0 Å². The molecule has 8 heteroatoms. The molecule has 0 bridgehead atoms. The molecule has 0 aromatic rings. The molecule has 0 radical (unpaired) electrons. The highest BCUT2D eigenvalue weighted by Crippen LogP contribution is 2.61. The third-order valence-electron chi connectivity index (χ3n) is 18.7. The number of aliphatic hydroxyl groups excluding tert-OH is 4. The van der Waals surface area contributed by atoms with Gasteiger partial charge < -0.3 is 40.9 Å². The second-order valence-electron chi connectivity index (χ2n) is 24.3. The van der Waals surface area contributed by atoms with Crippen molar-refractivity contribution >= 4 is 0 Å². The first-order valence-electron chi connectivity index (χ1n) is 26.2. The fourth-order valence-corrected chi connectivity index (χ4v) is 14.5. The normalized spacial score (nSPS) is 40.4. The van der Waals surface area contributed by atoms with Gasteiger partial charge in [-0.15, -0.1) is 0 Å². The second kappa shape index (κ2) is 21.5. The van der Waals surface area contributed by atoms with Gasteiger partial charge in [-0.05, 0) is 190 Å². The van der Waals surface area contributed by atoms with E-state index in [1.165, 1.54) is 75.4 Å². The summed E-state index contributed by atoms with van der Waals surface area (Å²) in [6.07, 6.45) is 26.4. The standard InChI is InChI=1S/2C28H48O4/c2*1-6-28(32)24(29)17-20(18-25(28)30)11-12-21-10-8-16-27(5)22(13-14-23(21)27)19(2)9-7-15-26(3,4)31/h2*11-12,19,22-25,29-32H,6-10,13-18H2,1-5H3/b2*20-11?,21-12+/t2*19-,22?,23?,24+,25+,27?,28?/m00/s1. The van der Waals surface area contributed by atoms with Crippen molar-refractivity contribution in [2.45, 2.75) is 257 Å². The summed E-state index contributed by atoms with van der Waals surface area (Å²) in [5, 5.41) is 82.9. The maximum absolute atomic E-state index is 10.5. The van der Waals surface area contributed by atoms with Gasteiger partial charge in [0.1, 0.15) is 11.2 Å². The van der Waals surface area contributed by atoms with Crippen LogP contribution in [0.3, 0.4) is 0 Å². The molecule has 8 N–H and O–H groups in total. The Bertz CT molecular complexity index is 1500. The average Bonchev–Trinajstić information content (AvgIpc) is 3.76. The molecule has 8 nitrogen and oxygen atoms in total. The van der Waals surface area contributed by atoms with E-state index in [4.69, 9.17) is 0 Å². The van der Waals surface area contributed by atoms with E-state index in [1.54, 1.807) is 0 Å². The smallest absolute Gasteiger partial charge is 0.117 e. The fraction of sp³-hybridized carbons (Fsp3) is 0.857. The predicted molar refractivity (Wildman–Crippen MR) is 260 cm³/mol. The predicted octanol–water partition coefficient (Wildman–Crippen LogP) is 10.6. The summed E-state index contributed by atoms with van der Waals surface area (Å²) in [4.78, 5) is 0. The summed E-state index contributed by atoms with van der Waals surface area (Å²) in [5.41, 5.74) is 1.97. The van der Waals surface area contributed by atoms with Gasteiger partial charge >= 0.3 is 0 Å². The van der Waals surface area contributed by atoms with Crippen molar-refractivity contribution in [1.29, 1.82) is 0 Å². The Morgan fingerprint density at radius 1 is 0.562 bits per heavy atom. The van der Waals surface area contributed by atoms with Crippen molar-refractivity contribution in [1.82, 2.24) is 0 Å². The molecule has 368 valence electrons. The van der Waals surface area contributed by atoms with E-state index in [2.05, 4.69) is 52.0 Å². The van der Waals surface area contributed by atoms with E-state index in [9.17, 15) is 40.9 Å². The third-order valence-corrected chi connectivity index (χ3v) is 18.7. The van der Waals surface area contributed by atoms with Gasteiger partial charge in [-0.2, -0.15) is 0 Å². The maximum atomic E-state index is 10.5. The molecule has 0 heterocycles. The number of hydrogen-bond donors (Lipinski definition) is 8. The molecule has 12 atom stereocenters. The SMILES string of the molecule is CCC1(O)[C@H](O)CC(=C/C=C2\CCCC3(C)C2CCC3[C@@H](C)CCCC(C)(C)O)C[C@H]1O.CCC1(O)[C@H](O)CC(=C/C=C2\CCCC3(C)C2CCC3[C@@H](C)CCCC(C)(C)O)C[C@H]1O. The minimum atomic E-state index is -1.38. The third kappa shape index (κ3) is 12.3. The molecule has 6 aliphatic rings. The van der Waals surface area contributed by atoms with Gasteiger partial charge in [0, 0.05) is 0 Å². The molecular weight excluding hydrogens is 801 g/mol. The molecule has 6 fully saturated rings. The lowest BCUT2D eigenvalue weighted by molar-refractivity contribution is -0.158. The Morgan fingerprint density at radius 3 is 1.19 bits per heavy atom. The maximum Gasteiger partial charge on any atom is 0.117 e. The van der Waals surface area contributed by atoms with E-state index < -0.39 is 46.8 Å². The van der Waals surface area contributed by atoms with Gasteiger partial charge in [-0.25, -0.2) is 0 Å². The van der Waals surface area contributed by atoms with Crippen LogP contribution in [-0.2, 0) is 0 Å². The molecule has 0 aliphatic heterocycles. The lowest BCUT2D eigenvalue weighted by atomic mass is 9.60. The molecule has 0 saturated heterocycles. The van der Waals surface area contributed by atoms with Crippen LogP contribution in [0.4, 0.5) is 0 Å². The molecule has 6 unspecified atom stereocenters. The first kappa shape index (κ1) is 53.6. The van der Waals surface area contributed by atoms with Crippen molar-refractivity contribution in [2.75, 3.05) is 0 Å². The number of allylic oxidation sites excluding steroid dienone is 6. The van der Waals surface area contributed by atoms with E-state index >= 15 is 0 Å². The van der Waals surface area contributed by atoms with E-state index in [-0.39, 0.29) is 0 Å². The van der Waals surface area contributed by atoms with E-state index in [0.29, 0.717) is 73.0 Å². The van der Waals surface area contributed by atoms with Crippen LogP contribution in [-0.4, -0.2) is 87.7 Å². The summed E-state index contributed by atoms with van der Waals surface area (Å²) in [6, 6.07) is 0. The lowest BCUT2D eigenvalue weighted by Crippen LogP contribution is -2.54. The van der Waals surface area contributed by atoms with Crippen molar-refractivity contribution in [3.05, 3.63) is 46.6 Å². The minimum Gasteiger partial charge on any atom is -0.390 e. The van der Waals surface area contributed by atoms with Crippen LogP contribution in [0.5, 0.6) is 0 Å². The number of aliphatic hydroxyl groups is 8. The molecule has 6 rings (SSSR count). The molecule has 0 aromatic carbocycles. The van der Waals surface area contributed by atoms with Gasteiger partial charge in [-0.3, -0.25) is 0 Å². The van der Waals surface area contributed by atoms with E-state index in [0.717, 1.165) is 61.5 Å². The van der Waals surface area contributed by atoms with Crippen LogP contribution >= 0.6 is 0 Å². The van der Waals surface area contributed by atoms with Gasteiger partial charge in [-0.1, -0.05) is 114 Å². The zero-order chi connectivity index (χ0) is 47.5. The highest BCUT2D eigenvalue weighted by Gasteiger charge is 2.52. The Morgan fingerprint density at radius 2 is 0.891 bits per heavy atom. The van der Waals surface area contributed by atoms with Crippen LogP contribution in [0.25, 0.3) is 0 Å². The summed E-state index contributed by atoms with van der Waals surface area (Å²) in [6.45, 7) is 21.1. The monoisotopic (exact) mass is 897 g/mol. The number of fused-ring (bicyclic) bond motifs is 2. The molecular formula is C56H96O8. The van der Waals surface area contributed by atoms with Gasteiger partial charge in [0.25, 0.3) is 0 Å². The number of rotatable bonds is 14. The Labute approximate surface area is 389 Å². The quantitative estimate of drug-likeness (QED) is 0.0855. The van der Waals surface area contributed by atoms with Crippen molar-refractivity contribution in [3.63, 3.8) is 0 Å². The zero-order valence-electron chi connectivity index (χ0n) is 42.2. The minimum absolute atomic E-state index is 0.352. The molecule has 0 aromatic heterocycles. The van der Waals surface area contributed by atoms with Gasteiger partial charge in [0.15, 0.2) is 0 Å². The molecule has 6 saturated carbocycles. The molecule has 64 heavy (non-hydrogen) atoms. The Balaban J connectivity index is 0.000000241. The summed E-state index contributed by atoms with van der Waals surface area (Å²) in [5.74, 6) is 4.09. The fourth-order valence-electron chi connectivity index (χ4n) is 14.5. The van der Waals surface area contributed by atoms with Crippen LogP contribution in [0.15, 0.2) is 46.6 Å². The van der Waals surface area contributed by atoms with Gasteiger partial charge in [0.05, 0.1) is 35.6 Å². The summed E-state index contributed by atoms with van der Waals surface area (Å²) >= 11 is 0. The molecule has 0 amide bonds. The van der Waals surface area contributed by atoms with Crippen molar-refractivity contribution < 1.29 is 40.9 Å². The van der Waals surface area contributed by atoms with Crippen LogP contribution in [0.1, 0.15) is 210 Å². The Kier molecular flexibility index (Phi) is 18.0. The first-order valence-corrected chi connectivity index (χ1v) is 26.2.